The van der Waals surface area contributed by atoms with Crippen LogP contribution in [0.1, 0.15) is 24.8 Å². The van der Waals surface area contributed by atoms with Gasteiger partial charge in [0.05, 0.1) is 6.61 Å². The van der Waals surface area contributed by atoms with Gasteiger partial charge in [0.15, 0.2) is 0 Å². The van der Waals surface area contributed by atoms with Crippen molar-refractivity contribution in [3.8, 4) is 5.75 Å². The zero-order chi connectivity index (χ0) is 15.6. The first-order chi connectivity index (χ1) is 10.8. The van der Waals surface area contributed by atoms with Gasteiger partial charge in [-0.25, -0.2) is 0 Å². The van der Waals surface area contributed by atoms with Crippen molar-refractivity contribution < 1.29 is 19.0 Å². The molecule has 1 aliphatic heterocycles. The molecule has 0 radical (unpaired) electrons. The van der Waals surface area contributed by atoms with Crippen molar-refractivity contribution >= 4 is 5.91 Å². The first-order valence-electron chi connectivity index (χ1n) is 7.83. The fourth-order valence-corrected chi connectivity index (χ4v) is 2.45. The predicted molar refractivity (Wildman–Crippen MR) is 83.8 cm³/mol. The van der Waals surface area contributed by atoms with Crippen LogP contribution in [0.25, 0.3) is 0 Å². The molecule has 1 heterocycles. The minimum atomic E-state index is 0.0934. The Kier molecular flexibility index (Phi) is 7.19. The third kappa shape index (κ3) is 6.03. The lowest BCUT2D eigenvalue weighted by Crippen LogP contribution is -2.28. The second-order valence-corrected chi connectivity index (χ2v) is 5.55. The summed E-state index contributed by atoms with van der Waals surface area (Å²) in [5.41, 5.74) is 1.06. The SMILES string of the molecule is COCCOc1ccc(CNC(=O)C[C@H]2CCCOC2)cc1. The van der Waals surface area contributed by atoms with Gasteiger partial charge < -0.3 is 19.5 Å². The quantitative estimate of drug-likeness (QED) is 0.748. The lowest BCUT2D eigenvalue weighted by Gasteiger charge is -2.21. The predicted octanol–water partition coefficient (Wildman–Crippen LogP) is 2.14. The first kappa shape index (κ1) is 16.8. The average molecular weight is 307 g/mol. The van der Waals surface area contributed by atoms with Crippen LogP contribution in [0.4, 0.5) is 0 Å². The number of benzene rings is 1. The lowest BCUT2D eigenvalue weighted by atomic mass is 9.98. The Balaban J connectivity index is 1.68. The summed E-state index contributed by atoms with van der Waals surface area (Å²) in [5, 5.41) is 2.96. The lowest BCUT2D eigenvalue weighted by molar-refractivity contribution is -0.123. The minimum absolute atomic E-state index is 0.0934. The van der Waals surface area contributed by atoms with E-state index in [1.54, 1.807) is 7.11 Å². The highest BCUT2D eigenvalue weighted by Crippen LogP contribution is 2.17. The van der Waals surface area contributed by atoms with Crippen molar-refractivity contribution in [2.75, 3.05) is 33.5 Å². The number of carbonyl (C=O) groups excluding carboxylic acids is 1. The maximum atomic E-state index is 11.9. The van der Waals surface area contributed by atoms with E-state index >= 15 is 0 Å². The van der Waals surface area contributed by atoms with Gasteiger partial charge in [-0.2, -0.15) is 0 Å². The van der Waals surface area contributed by atoms with E-state index in [1.807, 2.05) is 24.3 Å². The molecule has 0 unspecified atom stereocenters. The molecule has 0 aliphatic carbocycles. The molecule has 22 heavy (non-hydrogen) atoms. The van der Waals surface area contributed by atoms with E-state index in [-0.39, 0.29) is 5.91 Å². The van der Waals surface area contributed by atoms with Crippen LogP contribution in [-0.2, 0) is 20.8 Å². The Bertz CT molecular complexity index is 440. The van der Waals surface area contributed by atoms with Crippen LogP contribution in [0.15, 0.2) is 24.3 Å². The number of rotatable bonds is 8. The maximum Gasteiger partial charge on any atom is 0.220 e. The zero-order valence-corrected chi connectivity index (χ0v) is 13.2. The number of methoxy groups -OCH3 is 1. The first-order valence-corrected chi connectivity index (χ1v) is 7.83. The number of ether oxygens (including phenoxy) is 3. The maximum absolute atomic E-state index is 11.9. The summed E-state index contributed by atoms with van der Waals surface area (Å²) in [6.07, 6.45) is 2.70. The van der Waals surface area contributed by atoms with E-state index in [0.717, 1.165) is 30.8 Å². The van der Waals surface area contributed by atoms with Crippen molar-refractivity contribution in [1.29, 1.82) is 0 Å². The van der Waals surface area contributed by atoms with Crippen molar-refractivity contribution in [3.63, 3.8) is 0 Å². The number of amides is 1. The summed E-state index contributed by atoms with van der Waals surface area (Å²) >= 11 is 0. The molecule has 5 heteroatoms. The van der Waals surface area contributed by atoms with Gasteiger partial charge in [0.1, 0.15) is 12.4 Å². The highest BCUT2D eigenvalue weighted by Gasteiger charge is 2.17. The number of carbonyl (C=O) groups is 1. The molecule has 5 nitrogen and oxygen atoms in total. The number of hydrogen-bond donors (Lipinski definition) is 1. The van der Waals surface area contributed by atoms with Crippen LogP contribution in [0.2, 0.25) is 0 Å². The second-order valence-electron chi connectivity index (χ2n) is 5.55. The third-order valence-electron chi connectivity index (χ3n) is 3.70. The third-order valence-corrected chi connectivity index (χ3v) is 3.70. The molecule has 1 saturated heterocycles. The summed E-state index contributed by atoms with van der Waals surface area (Å²) in [5.74, 6) is 1.27. The number of hydrogen-bond acceptors (Lipinski definition) is 4. The van der Waals surface area contributed by atoms with Gasteiger partial charge in [-0.3, -0.25) is 4.79 Å². The topological polar surface area (TPSA) is 56.8 Å². The van der Waals surface area contributed by atoms with E-state index in [0.29, 0.717) is 38.7 Å². The van der Waals surface area contributed by atoms with Gasteiger partial charge in [-0.1, -0.05) is 12.1 Å². The molecular weight excluding hydrogens is 282 g/mol. The Labute approximate surface area is 131 Å². The van der Waals surface area contributed by atoms with E-state index in [9.17, 15) is 4.79 Å². The van der Waals surface area contributed by atoms with Gasteiger partial charge in [0.25, 0.3) is 0 Å². The fraction of sp³-hybridized carbons (Fsp3) is 0.588. The highest BCUT2D eigenvalue weighted by molar-refractivity contribution is 5.76. The minimum Gasteiger partial charge on any atom is -0.491 e. The molecule has 1 aliphatic rings. The average Bonchev–Trinajstić information content (AvgIpc) is 2.55. The van der Waals surface area contributed by atoms with E-state index in [4.69, 9.17) is 14.2 Å². The molecule has 0 bridgehead atoms. The molecule has 1 aromatic carbocycles. The van der Waals surface area contributed by atoms with Gasteiger partial charge in [-0.05, 0) is 36.5 Å². The molecule has 1 fully saturated rings. The van der Waals surface area contributed by atoms with E-state index in [1.165, 1.54) is 0 Å². The van der Waals surface area contributed by atoms with E-state index in [2.05, 4.69) is 5.32 Å². The molecule has 1 aromatic rings. The van der Waals surface area contributed by atoms with Crippen LogP contribution in [0, 0.1) is 5.92 Å². The zero-order valence-electron chi connectivity index (χ0n) is 13.2. The van der Waals surface area contributed by atoms with Crippen molar-refractivity contribution in [2.45, 2.75) is 25.8 Å². The van der Waals surface area contributed by atoms with Crippen LogP contribution >= 0.6 is 0 Å². The van der Waals surface area contributed by atoms with Crippen LogP contribution in [0.5, 0.6) is 5.75 Å². The largest absolute Gasteiger partial charge is 0.491 e. The molecule has 122 valence electrons. The van der Waals surface area contributed by atoms with Gasteiger partial charge in [-0.15, -0.1) is 0 Å². The molecule has 1 N–H and O–H groups in total. The normalized spacial score (nSPS) is 18.0. The molecule has 1 atom stereocenters. The van der Waals surface area contributed by atoms with Crippen molar-refractivity contribution in [3.05, 3.63) is 29.8 Å². The molecular formula is C17H25NO4. The second kappa shape index (κ2) is 9.43. The molecule has 1 amide bonds. The Morgan fingerprint density at radius 1 is 1.32 bits per heavy atom. The fourth-order valence-electron chi connectivity index (χ4n) is 2.45. The van der Waals surface area contributed by atoms with Gasteiger partial charge in [0.2, 0.25) is 5.91 Å². The summed E-state index contributed by atoms with van der Waals surface area (Å²) in [4.78, 5) is 11.9. The van der Waals surface area contributed by atoms with Crippen LogP contribution in [-0.4, -0.2) is 39.4 Å². The smallest absolute Gasteiger partial charge is 0.220 e. The van der Waals surface area contributed by atoms with Crippen molar-refractivity contribution in [1.82, 2.24) is 5.32 Å². The summed E-state index contributed by atoms with van der Waals surface area (Å²) in [7, 11) is 1.65. The molecule has 0 saturated carbocycles. The standard InChI is InChI=1S/C17H25NO4/c1-20-9-10-22-16-6-4-14(5-7-16)12-18-17(19)11-15-3-2-8-21-13-15/h4-7,15H,2-3,8-13H2,1H3,(H,18,19)/t15-/m1/s1. The molecule has 2 rings (SSSR count). The van der Waals surface area contributed by atoms with Crippen LogP contribution in [0.3, 0.4) is 0 Å². The van der Waals surface area contributed by atoms with Gasteiger partial charge in [0, 0.05) is 33.3 Å². The summed E-state index contributed by atoms with van der Waals surface area (Å²) in [6, 6.07) is 7.75. The van der Waals surface area contributed by atoms with E-state index < -0.39 is 0 Å². The highest BCUT2D eigenvalue weighted by atomic mass is 16.5. The Hall–Kier alpha value is -1.59. The monoisotopic (exact) mass is 307 g/mol. The molecule has 0 spiro atoms. The molecule has 0 aromatic heterocycles. The number of nitrogens with one attached hydrogen (secondary N) is 1. The Morgan fingerprint density at radius 3 is 2.82 bits per heavy atom. The summed E-state index contributed by atoms with van der Waals surface area (Å²) < 4.78 is 15.8. The van der Waals surface area contributed by atoms with Crippen LogP contribution < -0.4 is 10.1 Å². The Morgan fingerprint density at radius 2 is 2.14 bits per heavy atom. The summed E-state index contributed by atoms with van der Waals surface area (Å²) in [6.45, 7) is 3.20. The van der Waals surface area contributed by atoms with Gasteiger partial charge >= 0.3 is 0 Å². The van der Waals surface area contributed by atoms with Crippen molar-refractivity contribution in [2.24, 2.45) is 5.92 Å².